The lowest BCUT2D eigenvalue weighted by Crippen LogP contribution is -2.39. The van der Waals surface area contributed by atoms with Gasteiger partial charge in [-0.15, -0.1) is 0 Å². The van der Waals surface area contributed by atoms with Crippen molar-refractivity contribution in [1.82, 2.24) is 0 Å². The number of benzene rings is 1. The normalized spacial score (nSPS) is 22.1. The third-order valence-corrected chi connectivity index (χ3v) is 5.64. The van der Waals surface area contributed by atoms with Crippen molar-refractivity contribution in [2.75, 3.05) is 18.0 Å². The zero-order valence-electron chi connectivity index (χ0n) is 11.3. The van der Waals surface area contributed by atoms with E-state index in [1.54, 1.807) is 6.07 Å². The van der Waals surface area contributed by atoms with Crippen molar-refractivity contribution >= 4 is 21.6 Å². The molecule has 1 heterocycles. The topological polar surface area (TPSA) is 3.24 Å². The fourth-order valence-electron chi connectivity index (χ4n) is 3.74. The van der Waals surface area contributed by atoms with E-state index >= 15 is 0 Å². The summed E-state index contributed by atoms with van der Waals surface area (Å²) in [6, 6.07) is 5.62. The van der Waals surface area contributed by atoms with Crippen LogP contribution in [0.3, 0.4) is 0 Å². The molecule has 1 spiro atoms. The lowest BCUT2D eigenvalue weighted by atomic mass is 9.77. The van der Waals surface area contributed by atoms with Crippen LogP contribution in [0, 0.1) is 11.2 Å². The molecule has 0 aromatic heterocycles. The molecule has 0 bridgehead atoms. The second-order valence-electron chi connectivity index (χ2n) is 6.11. The van der Waals surface area contributed by atoms with E-state index in [9.17, 15) is 4.39 Å². The highest BCUT2D eigenvalue weighted by atomic mass is 79.9. The number of piperidine rings is 1. The number of rotatable bonds is 2. The quantitative estimate of drug-likeness (QED) is 0.700. The van der Waals surface area contributed by atoms with E-state index in [4.69, 9.17) is 0 Å². The maximum absolute atomic E-state index is 14.1. The molecule has 1 aromatic rings. The maximum Gasteiger partial charge on any atom is 0.146 e. The summed E-state index contributed by atoms with van der Waals surface area (Å²) in [5.41, 5.74) is 2.39. The number of hydrogen-bond acceptors (Lipinski definition) is 1. The Hall–Kier alpha value is -0.570. The first-order valence-corrected chi connectivity index (χ1v) is 8.44. The summed E-state index contributed by atoms with van der Waals surface area (Å²) in [6.07, 6.45) is 8.07. The molecule has 1 saturated heterocycles. The highest BCUT2D eigenvalue weighted by Crippen LogP contribution is 2.46. The van der Waals surface area contributed by atoms with Gasteiger partial charge in [0.25, 0.3) is 0 Å². The molecule has 1 aliphatic carbocycles. The number of hydrogen-bond donors (Lipinski definition) is 0. The van der Waals surface area contributed by atoms with Gasteiger partial charge in [0.1, 0.15) is 5.82 Å². The number of nitrogens with zero attached hydrogens (tertiary/aromatic N) is 1. The molecule has 0 N–H and O–H groups in total. The predicted octanol–water partition coefficient (Wildman–Crippen LogP) is 4.88. The summed E-state index contributed by atoms with van der Waals surface area (Å²) in [7, 11) is 0. The fourth-order valence-corrected chi connectivity index (χ4v) is 4.09. The van der Waals surface area contributed by atoms with Gasteiger partial charge in [0, 0.05) is 18.4 Å². The van der Waals surface area contributed by atoms with Crippen molar-refractivity contribution < 1.29 is 4.39 Å². The molecule has 2 aliphatic rings. The lowest BCUT2D eigenvalue weighted by molar-refractivity contribution is 0.226. The van der Waals surface area contributed by atoms with Crippen LogP contribution < -0.4 is 4.90 Å². The Kier molecular flexibility index (Phi) is 3.84. The van der Waals surface area contributed by atoms with E-state index in [-0.39, 0.29) is 5.82 Å². The van der Waals surface area contributed by atoms with E-state index in [1.807, 2.05) is 12.1 Å². The molecule has 2 fully saturated rings. The van der Waals surface area contributed by atoms with E-state index in [1.165, 1.54) is 38.5 Å². The predicted molar refractivity (Wildman–Crippen MR) is 81.4 cm³/mol. The average molecular weight is 326 g/mol. The van der Waals surface area contributed by atoms with Crippen molar-refractivity contribution in [3.05, 3.63) is 29.6 Å². The molecular formula is C16H21BrFN. The largest absolute Gasteiger partial charge is 0.369 e. The second-order valence-corrected chi connectivity index (χ2v) is 6.67. The Labute approximate surface area is 123 Å². The van der Waals surface area contributed by atoms with Crippen LogP contribution in [0.1, 0.15) is 44.1 Å². The first-order valence-electron chi connectivity index (χ1n) is 7.32. The van der Waals surface area contributed by atoms with E-state index < -0.39 is 0 Å². The van der Waals surface area contributed by atoms with Gasteiger partial charge in [-0.1, -0.05) is 34.8 Å². The first-order chi connectivity index (χ1) is 9.22. The minimum absolute atomic E-state index is 0.0701. The van der Waals surface area contributed by atoms with Crippen molar-refractivity contribution in [1.29, 1.82) is 0 Å². The van der Waals surface area contributed by atoms with Gasteiger partial charge in [0.15, 0.2) is 0 Å². The lowest BCUT2D eigenvalue weighted by Gasteiger charge is -2.40. The Morgan fingerprint density at radius 2 is 1.79 bits per heavy atom. The standard InChI is InChI=1S/C16H21BrFN/c17-12-13-3-4-15(14(18)11-13)19-9-7-16(8-10-19)5-1-2-6-16/h3-4,11H,1-2,5-10,12H2. The molecule has 1 aliphatic heterocycles. The van der Waals surface area contributed by atoms with E-state index in [2.05, 4.69) is 20.8 Å². The van der Waals surface area contributed by atoms with Gasteiger partial charge in [-0.3, -0.25) is 0 Å². The van der Waals surface area contributed by atoms with Crippen molar-refractivity contribution in [3.63, 3.8) is 0 Å². The Bertz CT molecular complexity index is 444. The monoisotopic (exact) mass is 325 g/mol. The molecule has 0 unspecified atom stereocenters. The molecule has 3 heteroatoms. The highest BCUT2D eigenvalue weighted by Gasteiger charge is 2.37. The summed E-state index contributed by atoms with van der Waals surface area (Å²) < 4.78 is 14.1. The van der Waals surface area contributed by atoms with Crippen LogP contribution in [0.25, 0.3) is 0 Å². The van der Waals surface area contributed by atoms with Gasteiger partial charge in [-0.05, 0) is 48.8 Å². The summed E-state index contributed by atoms with van der Waals surface area (Å²) in [5.74, 6) is -0.0701. The van der Waals surface area contributed by atoms with Crippen LogP contribution >= 0.6 is 15.9 Å². The Morgan fingerprint density at radius 3 is 2.37 bits per heavy atom. The molecule has 0 amide bonds. The van der Waals surface area contributed by atoms with Crippen LogP contribution in [-0.2, 0) is 5.33 Å². The summed E-state index contributed by atoms with van der Waals surface area (Å²) in [6.45, 7) is 2.04. The Morgan fingerprint density at radius 1 is 1.11 bits per heavy atom. The second kappa shape index (κ2) is 5.43. The van der Waals surface area contributed by atoms with Gasteiger partial charge < -0.3 is 4.90 Å². The molecule has 1 nitrogen and oxygen atoms in total. The van der Waals surface area contributed by atoms with Crippen LogP contribution in [-0.4, -0.2) is 13.1 Å². The SMILES string of the molecule is Fc1cc(CBr)ccc1N1CCC2(CCCC2)CC1. The van der Waals surface area contributed by atoms with Gasteiger partial charge in [-0.25, -0.2) is 4.39 Å². The maximum atomic E-state index is 14.1. The van der Waals surface area contributed by atoms with Crippen molar-refractivity contribution in [2.45, 2.75) is 43.9 Å². The average Bonchev–Trinajstić information content (AvgIpc) is 2.88. The smallest absolute Gasteiger partial charge is 0.146 e. The molecule has 19 heavy (non-hydrogen) atoms. The van der Waals surface area contributed by atoms with Crippen molar-refractivity contribution in [3.8, 4) is 0 Å². The summed E-state index contributed by atoms with van der Waals surface area (Å²) >= 11 is 3.37. The third kappa shape index (κ3) is 2.67. The molecule has 1 saturated carbocycles. The first kappa shape index (κ1) is 13.4. The Balaban J connectivity index is 1.71. The highest BCUT2D eigenvalue weighted by molar-refractivity contribution is 9.08. The van der Waals surface area contributed by atoms with Crippen molar-refractivity contribution in [2.24, 2.45) is 5.41 Å². The van der Waals surface area contributed by atoms with Crippen LogP contribution in [0.4, 0.5) is 10.1 Å². The number of anilines is 1. The zero-order valence-corrected chi connectivity index (χ0v) is 12.9. The minimum Gasteiger partial charge on any atom is -0.369 e. The summed E-state index contributed by atoms with van der Waals surface area (Å²) in [4.78, 5) is 2.23. The molecular weight excluding hydrogens is 305 g/mol. The fraction of sp³-hybridized carbons (Fsp3) is 0.625. The van der Waals surface area contributed by atoms with E-state index in [0.717, 1.165) is 24.3 Å². The van der Waals surface area contributed by atoms with Gasteiger partial charge in [0.2, 0.25) is 0 Å². The minimum atomic E-state index is -0.0701. The molecule has 0 radical (unpaired) electrons. The molecule has 1 aromatic carbocycles. The number of halogens is 2. The van der Waals surface area contributed by atoms with Crippen LogP contribution in [0.15, 0.2) is 18.2 Å². The van der Waals surface area contributed by atoms with Crippen LogP contribution in [0.5, 0.6) is 0 Å². The molecule has 0 atom stereocenters. The van der Waals surface area contributed by atoms with Gasteiger partial charge in [0.05, 0.1) is 5.69 Å². The number of alkyl halides is 1. The zero-order chi connectivity index (χ0) is 13.3. The molecule has 104 valence electrons. The van der Waals surface area contributed by atoms with E-state index in [0.29, 0.717) is 10.7 Å². The van der Waals surface area contributed by atoms with Crippen LogP contribution in [0.2, 0.25) is 0 Å². The molecule has 3 rings (SSSR count). The van der Waals surface area contributed by atoms with Gasteiger partial charge >= 0.3 is 0 Å². The summed E-state index contributed by atoms with van der Waals surface area (Å²) in [5, 5.41) is 0.716. The third-order valence-electron chi connectivity index (χ3n) is 5.00. The van der Waals surface area contributed by atoms with Gasteiger partial charge in [-0.2, -0.15) is 0 Å².